The van der Waals surface area contributed by atoms with E-state index in [1.165, 1.54) is 4.90 Å². The Morgan fingerprint density at radius 1 is 1.29 bits per heavy atom. The molecular formula is C11H18N2S. The quantitative estimate of drug-likeness (QED) is 0.758. The van der Waals surface area contributed by atoms with Gasteiger partial charge in [0.2, 0.25) is 0 Å². The van der Waals surface area contributed by atoms with E-state index in [-0.39, 0.29) is 4.75 Å². The fourth-order valence-corrected chi connectivity index (χ4v) is 2.11. The molecule has 0 bridgehead atoms. The number of nitrogens with one attached hydrogen (secondary N) is 1. The number of thioether (sulfide) groups is 1. The van der Waals surface area contributed by atoms with Gasteiger partial charge in [0.25, 0.3) is 0 Å². The predicted octanol–water partition coefficient (Wildman–Crippen LogP) is 3.32. The molecule has 0 aliphatic carbocycles. The highest BCUT2D eigenvalue weighted by Crippen LogP contribution is 2.33. The molecule has 1 heterocycles. The van der Waals surface area contributed by atoms with E-state index in [1.54, 1.807) is 0 Å². The van der Waals surface area contributed by atoms with Crippen molar-refractivity contribution in [3.63, 3.8) is 0 Å². The van der Waals surface area contributed by atoms with Crippen molar-refractivity contribution in [2.75, 3.05) is 12.4 Å². The minimum absolute atomic E-state index is 0.244. The second-order valence-electron chi connectivity index (χ2n) is 4.24. The van der Waals surface area contributed by atoms with Gasteiger partial charge in [-0.3, -0.25) is 0 Å². The molecule has 0 saturated carbocycles. The van der Waals surface area contributed by atoms with Crippen LogP contribution in [0.4, 0.5) is 5.82 Å². The Balaban J connectivity index is 2.89. The summed E-state index contributed by atoms with van der Waals surface area (Å²) in [5, 5.41) is 3.04. The molecule has 1 rings (SSSR count). The fourth-order valence-electron chi connectivity index (χ4n) is 1.13. The molecule has 0 saturated heterocycles. The maximum atomic E-state index is 4.44. The summed E-state index contributed by atoms with van der Waals surface area (Å²) in [6, 6.07) is 4.14. The molecule has 1 N–H and O–H groups in total. The van der Waals surface area contributed by atoms with Gasteiger partial charge in [-0.2, -0.15) is 0 Å². The van der Waals surface area contributed by atoms with Crippen LogP contribution in [0.2, 0.25) is 0 Å². The van der Waals surface area contributed by atoms with Gasteiger partial charge in [-0.15, -0.1) is 11.8 Å². The molecule has 0 fully saturated rings. The van der Waals surface area contributed by atoms with E-state index in [1.807, 2.05) is 24.9 Å². The van der Waals surface area contributed by atoms with E-state index in [4.69, 9.17) is 0 Å². The molecule has 3 heteroatoms. The third kappa shape index (κ3) is 3.22. The lowest BCUT2D eigenvalue weighted by Crippen LogP contribution is -2.07. The van der Waals surface area contributed by atoms with Gasteiger partial charge in [0.1, 0.15) is 5.82 Å². The number of nitrogens with zero attached hydrogens (tertiary/aromatic N) is 1. The summed E-state index contributed by atoms with van der Waals surface area (Å²) in [5.74, 6) is 0.931. The van der Waals surface area contributed by atoms with Crippen LogP contribution >= 0.6 is 11.8 Å². The molecule has 2 nitrogen and oxygen atoms in total. The van der Waals surface area contributed by atoms with E-state index in [0.717, 1.165) is 11.5 Å². The second kappa shape index (κ2) is 4.22. The van der Waals surface area contributed by atoms with E-state index in [0.29, 0.717) is 0 Å². The molecule has 0 aliphatic heterocycles. The first-order valence-electron chi connectivity index (χ1n) is 4.77. The summed E-state index contributed by atoms with van der Waals surface area (Å²) in [6.45, 7) is 8.68. The molecule has 0 aromatic carbocycles. The lowest BCUT2D eigenvalue weighted by molar-refractivity contribution is 0.801. The highest BCUT2D eigenvalue weighted by Gasteiger charge is 2.14. The van der Waals surface area contributed by atoms with E-state index in [9.17, 15) is 0 Å². The molecule has 0 unspecified atom stereocenters. The lowest BCUT2D eigenvalue weighted by Gasteiger charge is -2.18. The van der Waals surface area contributed by atoms with Crippen LogP contribution in [0.5, 0.6) is 0 Å². The number of aromatic nitrogens is 1. The number of aryl methyl sites for hydroxylation is 1. The molecule has 1 aromatic rings. The first-order chi connectivity index (χ1) is 6.42. The van der Waals surface area contributed by atoms with Gasteiger partial charge in [-0.25, -0.2) is 4.98 Å². The van der Waals surface area contributed by atoms with Gasteiger partial charge < -0.3 is 5.32 Å². The zero-order valence-corrected chi connectivity index (χ0v) is 10.3. The van der Waals surface area contributed by atoms with Crippen LogP contribution in [-0.4, -0.2) is 16.8 Å². The minimum Gasteiger partial charge on any atom is -0.373 e. The van der Waals surface area contributed by atoms with Crippen LogP contribution in [0.1, 0.15) is 26.5 Å². The van der Waals surface area contributed by atoms with Crippen LogP contribution < -0.4 is 5.32 Å². The molecule has 0 atom stereocenters. The molecule has 78 valence electrons. The summed E-state index contributed by atoms with van der Waals surface area (Å²) in [6.07, 6.45) is 0. The van der Waals surface area contributed by atoms with Gasteiger partial charge in [0.15, 0.2) is 0 Å². The third-order valence-corrected chi connectivity index (χ3v) is 2.97. The molecule has 0 aliphatic rings. The topological polar surface area (TPSA) is 24.9 Å². The van der Waals surface area contributed by atoms with Crippen LogP contribution in [0.3, 0.4) is 0 Å². The highest BCUT2D eigenvalue weighted by atomic mass is 32.2. The molecule has 0 radical (unpaired) electrons. The minimum atomic E-state index is 0.244. The Morgan fingerprint density at radius 3 is 2.36 bits per heavy atom. The summed E-state index contributed by atoms with van der Waals surface area (Å²) < 4.78 is 0.244. The SMILES string of the molecule is CNc1ccc(SC(C)(C)C)c(C)n1. The average Bonchev–Trinajstić information content (AvgIpc) is 2.06. The van der Waals surface area contributed by atoms with Crippen LogP contribution in [0, 0.1) is 6.92 Å². The number of anilines is 1. The Labute approximate surface area is 90.5 Å². The summed E-state index contributed by atoms with van der Waals surface area (Å²) in [4.78, 5) is 5.70. The second-order valence-corrected chi connectivity index (χ2v) is 6.11. The number of hydrogen-bond donors (Lipinski definition) is 1. The van der Waals surface area contributed by atoms with Crippen molar-refractivity contribution in [2.24, 2.45) is 0 Å². The van der Waals surface area contributed by atoms with Gasteiger partial charge in [0.05, 0.1) is 5.69 Å². The Hall–Kier alpha value is -0.700. The molecule has 1 aromatic heterocycles. The van der Waals surface area contributed by atoms with Crippen molar-refractivity contribution in [1.82, 2.24) is 4.98 Å². The van der Waals surface area contributed by atoms with Crippen LogP contribution in [-0.2, 0) is 0 Å². The van der Waals surface area contributed by atoms with Crippen LogP contribution in [0.25, 0.3) is 0 Å². The maximum absolute atomic E-state index is 4.44. The van der Waals surface area contributed by atoms with Crippen LogP contribution in [0.15, 0.2) is 17.0 Å². The maximum Gasteiger partial charge on any atom is 0.126 e. The Bertz CT molecular complexity index is 316. The lowest BCUT2D eigenvalue weighted by atomic mass is 10.3. The molecule has 0 spiro atoms. The summed E-state index contributed by atoms with van der Waals surface area (Å²) >= 11 is 1.86. The fraction of sp³-hybridized carbons (Fsp3) is 0.545. The third-order valence-electron chi connectivity index (χ3n) is 1.71. The van der Waals surface area contributed by atoms with Crippen molar-refractivity contribution in [3.8, 4) is 0 Å². The molecular weight excluding hydrogens is 192 g/mol. The molecule has 0 amide bonds. The first kappa shape index (κ1) is 11.4. The van der Waals surface area contributed by atoms with E-state index >= 15 is 0 Å². The standard InChI is InChI=1S/C11H18N2S/c1-8-9(14-11(2,3)4)6-7-10(12-5)13-8/h6-7H,1-5H3,(H,12,13). The first-order valence-corrected chi connectivity index (χ1v) is 5.58. The number of hydrogen-bond acceptors (Lipinski definition) is 3. The normalized spacial score (nSPS) is 11.5. The van der Waals surface area contributed by atoms with Gasteiger partial charge in [0, 0.05) is 16.7 Å². The zero-order valence-electron chi connectivity index (χ0n) is 9.51. The van der Waals surface area contributed by atoms with Gasteiger partial charge in [-0.1, -0.05) is 20.8 Å². The van der Waals surface area contributed by atoms with Gasteiger partial charge >= 0.3 is 0 Å². The molecule has 14 heavy (non-hydrogen) atoms. The number of pyridine rings is 1. The van der Waals surface area contributed by atoms with Crippen molar-refractivity contribution in [1.29, 1.82) is 0 Å². The largest absolute Gasteiger partial charge is 0.373 e. The average molecular weight is 210 g/mol. The monoisotopic (exact) mass is 210 g/mol. The Kier molecular flexibility index (Phi) is 3.43. The predicted molar refractivity (Wildman–Crippen MR) is 64.1 cm³/mol. The van der Waals surface area contributed by atoms with Crippen molar-refractivity contribution in [2.45, 2.75) is 37.3 Å². The van der Waals surface area contributed by atoms with E-state index in [2.05, 4.69) is 44.1 Å². The van der Waals surface area contributed by atoms with Gasteiger partial charge in [-0.05, 0) is 19.1 Å². The van der Waals surface area contributed by atoms with Crippen molar-refractivity contribution < 1.29 is 0 Å². The zero-order chi connectivity index (χ0) is 10.8. The van der Waals surface area contributed by atoms with Crippen molar-refractivity contribution in [3.05, 3.63) is 17.8 Å². The highest BCUT2D eigenvalue weighted by molar-refractivity contribution is 8.00. The summed E-state index contributed by atoms with van der Waals surface area (Å²) in [7, 11) is 1.89. The summed E-state index contributed by atoms with van der Waals surface area (Å²) in [5.41, 5.74) is 1.09. The van der Waals surface area contributed by atoms with E-state index < -0.39 is 0 Å². The smallest absolute Gasteiger partial charge is 0.126 e. The Morgan fingerprint density at radius 2 is 1.93 bits per heavy atom. The van der Waals surface area contributed by atoms with Crippen molar-refractivity contribution >= 4 is 17.6 Å². The number of rotatable bonds is 2.